The second-order valence-electron chi connectivity index (χ2n) is 7.47. The van der Waals surface area contributed by atoms with Gasteiger partial charge in [-0.05, 0) is 42.2 Å². The topological polar surface area (TPSA) is 67.9 Å². The predicted molar refractivity (Wildman–Crippen MR) is 116 cm³/mol. The smallest absolute Gasteiger partial charge is 0.229 e. The number of amides is 2. The molecule has 0 aliphatic carbocycles. The van der Waals surface area contributed by atoms with Crippen LogP contribution >= 0.6 is 0 Å². The molecule has 2 amide bonds. The van der Waals surface area contributed by atoms with Crippen molar-refractivity contribution in [1.82, 2.24) is 10.2 Å². The lowest BCUT2D eigenvalue weighted by atomic mass is 10.0. The molecule has 0 aromatic heterocycles. The zero-order valence-corrected chi connectivity index (χ0v) is 17.9. The molecule has 3 rings (SSSR count). The maximum atomic E-state index is 11.7. The molecule has 1 saturated heterocycles. The van der Waals surface area contributed by atoms with Gasteiger partial charge in [-0.2, -0.15) is 0 Å². The van der Waals surface area contributed by atoms with Crippen LogP contribution in [0.2, 0.25) is 0 Å². The summed E-state index contributed by atoms with van der Waals surface area (Å²) < 4.78 is 11.2. The van der Waals surface area contributed by atoms with E-state index in [1.165, 1.54) is 16.0 Å². The van der Waals surface area contributed by atoms with Crippen LogP contribution < -0.4 is 14.8 Å². The lowest BCUT2D eigenvalue weighted by molar-refractivity contribution is -0.138. The molecule has 30 heavy (non-hydrogen) atoms. The Kier molecular flexibility index (Phi) is 7.46. The molecule has 1 heterocycles. The largest absolute Gasteiger partial charge is 0.493 e. The first-order chi connectivity index (χ1) is 14.5. The van der Waals surface area contributed by atoms with E-state index in [4.69, 9.17) is 9.47 Å². The zero-order chi connectivity index (χ0) is 21.5. The van der Waals surface area contributed by atoms with Crippen molar-refractivity contribution in [1.29, 1.82) is 0 Å². The minimum atomic E-state index is -0.129. The van der Waals surface area contributed by atoms with Crippen LogP contribution in [0.4, 0.5) is 0 Å². The normalized spacial score (nSPS) is 14.8. The van der Waals surface area contributed by atoms with Gasteiger partial charge in [-0.25, -0.2) is 0 Å². The van der Waals surface area contributed by atoms with E-state index in [9.17, 15) is 9.59 Å². The molecule has 1 fully saturated rings. The highest BCUT2D eigenvalue weighted by molar-refractivity contribution is 6.01. The number of methoxy groups -OCH3 is 1. The van der Waals surface area contributed by atoms with Gasteiger partial charge in [0.15, 0.2) is 11.5 Å². The number of likely N-dealkylation sites (tertiary alicyclic amines) is 1. The Hall–Kier alpha value is -2.86. The summed E-state index contributed by atoms with van der Waals surface area (Å²) in [6.07, 6.45) is 1.64. The fourth-order valence-corrected chi connectivity index (χ4v) is 3.49. The van der Waals surface area contributed by atoms with Crippen LogP contribution in [-0.2, 0) is 22.6 Å². The summed E-state index contributed by atoms with van der Waals surface area (Å²) in [5.41, 5.74) is 3.68. The molecule has 2 aromatic carbocycles. The molecule has 0 spiro atoms. The highest BCUT2D eigenvalue weighted by Crippen LogP contribution is 2.28. The fourth-order valence-electron chi connectivity index (χ4n) is 3.49. The summed E-state index contributed by atoms with van der Waals surface area (Å²) in [5.74, 6) is 0.975. The van der Waals surface area contributed by atoms with Crippen molar-refractivity contribution in [3.63, 3.8) is 0 Å². The Labute approximate surface area is 178 Å². The van der Waals surface area contributed by atoms with Gasteiger partial charge in [0.1, 0.15) is 6.61 Å². The minimum Gasteiger partial charge on any atom is -0.493 e. The predicted octanol–water partition coefficient (Wildman–Crippen LogP) is 3.64. The minimum absolute atomic E-state index is 0.129. The number of carbonyl (C=O) groups excluding carboxylic acids is 2. The van der Waals surface area contributed by atoms with Crippen molar-refractivity contribution in [2.45, 2.75) is 45.7 Å². The van der Waals surface area contributed by atoms with Gasteiger partial charge in [0.2, 0.25) is 11.8 Å². The van der Waals surface area contributed by atoms with Crippen molar-refractivity contribution >= 4 is 11.8 Å². The summed E-state index contributed by atoms with van der Waals surface area (Å²) in [6.45, 7) is 5.51. The lowest BCUT2D eigenvalue weighted by Gasteiger charge is -2.17. The number of nitrogens with one attached hydrogen (secondary N) is 1. The molecule has 6 nitrogen and oxygen atoms in total. The number of hydrogen-bond acceptors (Lipinski definition) is 5. The Morgan fingerprint density at radius 1 is 1.00 bits per heavy atom. The number of benzene rings is 2. The Bertz CT molecular complexity index is 863. The van der Waals surface area contributed by atoms with Gasteiger partial charge in [-0.15, -0.1) is 0 Å². The molecule has 1 aliphatic rings. The van der Waals surface area contributed by atoms with Crippen LogP contribution in [0.5, 0.6) is 11.5 Å². The summed E-state index contributed by atoms with van der Waals surface area (Å²) >= 11 is 0. The average Bonchev–Trinajstić information content (AvgIpc) is 3.10. The second kappa shape index (κ2) is 10.3. The third-order valence-corrected chi connectivity index (χ3v) is 5.46. The average molecular weight is 411 g/mol. The summed E-state index contributed by atoms with van der Waals surface area (Å²) in [6, 6.07) is 14.7. The highest BCUT2D eigenvalue weighted by Gasteiger charge is 2.28. The highest BCUT2D eigenvalue weighted by atomic mass is 16.5. The van der Waals surface area contributed by atoms with E-state index < -0.39 is 0 Å². The number of hydrogen-bond donors (Lipinski definition) is 1. The van der Waals surface area contributed by atoms with Crippen molar-refractivity contribution < 1.29 is 19.1 Å². The molecule has 1 unspecified atom stereocenters. The van der Waals surface area contributed by atoms with Crippen molar-refractivity contribution in [2.75, 3.05) is 20.3 Å². The van der Waals surface area contributed by atoms with Gasteiger partial charge < -0.3 is 14.8 Å². The molecule has 0 saturated carbocycles. The molecule has 1 N–H and O–H groups in total. The Morgan fingerprint density at radius 2 is 1.67 bits per heavy atom. The van der Waals surface area contributed by atoms with Crippen LogP contribution in [0.3, 0.4) is 0 Å². The number of ether oxygens (including phenoxy) is 2. The van der Waals surface area contributed by atoms with E-state index in [0.717, 1.165) is 12.0 Å². The van der Waals surface area contributed by atoms with Crippen molar-refractivity contribution in [3.05, 3.63) is 59.2 Å². The number of nitrogens with zero attached hydrogens (tertiary/aromatic N) is 1. The number of rotatable bonds is 10. The first-order valence-electron chi connectivity index (χ1n) is 10.5. The molecule has 6 heteroatoms. The molecular formula is C24H30N2O4. The van der Waals surface area contributed by atoms with Crippen LogP contribution in [0, 0.1) is 0 Å². The van der Waals surface area contributed by atoms with Gasteiger partial charge in [0, 0.05) is 25.4 Å². The second-order valence-corrected chi connectivity index (χ2v) is 7.47. The maximum Gasteiger partial charge on any atom is 0.229 e. The third kappa shape index (κ3) is 5.39. The molecule has 1 aliphatic heterocycles. The fraction of sp³-hybridized carbons (Fsp3) is 0.417. The SMILES string of the molecule is CCc1ccc(C(C)NCc2ccc(OCCN3C(=O)CCC3=O)c(OC)c2)cc1. The van der Waals surface area contributed by atoms with Crippen molar-refractivity contribution in [3.8, 4) is 11.5 Å². The molecular weight excluding hydrogens is 380 g/mol. The molecule has 0 radical (unpaired) electrons. The van der Waals surface area contributed by atoms with Crippen molar-refractivity contribution in [2.24, 2.45) is 0 Å². The Balaban J connectivity index is 1.54. The molecule has 1 atom stereocenters. The Morgan fingerprint density at radius 3 is 2.30 bits per heavy atom. The summed E-state index contributed by atoms with van der Waals surface area (Å²) in [5, 5.41) is 3.54. The van der Waals surface area contributed by atoms with Gasteiger partial charge >= 0.3 is 0 Å². The standard InChI is InChI=1S/C24H30N2O4/c1-4-18-5-8-20(9-6-18)17(2)25-16-19-7-10-21(22(15-19)29-3)30-14-13-26-23(27)11-12-24(26)28/h5-10,15,17,25H,4,11-14,16H2,1-3H3. The van der Waals surface area contributed by atoms with Gasteiger partial charge in [-0.3, -0.25) is 14.5 Å². The van der Waals surface area contributed by atoms with Crippen LogP contribution in [0.1, 0.15) is 49.4 Å². The molecule has 0 bridgehead atoms. The van der Waals surface area contributed by atoms with E-state index in [0.29, 0.717) is 30.9 Å². The maximum absolute atomic E-state index is 11.7. The number of imide groups is 1. The van der Waals surface area contributed by atoms with Crippen LogP contribution in [0.15, 0.2) is 42.5 Å². The van der Waals surface area contributed by atoms with Crippen LogP contribution in [-0.4, -0.2) is 37.0 Å². The van der Waals surface area contributed by atoms with E-state index >= 15 is 0 Å². The first kappa shape index (κ1) is 21.8. The van der Waals surface area contributed by atoms with E-state index in [2.05, 4.69) is 43.4 Å². The molecule has 160 valence electrons. The molecule has 2 aromatic rings. The van der Waals surface area contributed by atoms with Gasteiger partial charge in [-0.1, -0.05) is 37.3 Å². The third-order valence-electron chi connectivity index (χ3n) is 5.46. The first-order valence-corrected chi connectivity index (χ1v) is 10.5. The monoisotopic (exact) mass is 410 g/mol. The summed E-state index contributed by atoms with van der Waals surface area (Å²) in [7, 11) is 1.60. The summed E-state index contributed by atoms with van der Waals surface area (Å²) in [4.78, 5) is 24.6. The lowest BCUT2D eigenvalue weighted by Crippen LogP contribution is -2.33. The van der Waals surface area contributed by atoms with E-state index in [1.807, 2.05) is 18.2 Å². The van der Waals surface area contributed by atoms with Crippen LogP contribution in [0.25, 0.3) is 0 Å². The van der Waals surface area contributed by atoms with E-state index in [1.54, 1.807) is 7.11 Å². The zero-order valence-electron chi connectivity index (χ0n) is 17.9. The quantitative estimate of drug-likeness (QED) is 0.606. The number of carbonyl (C=O) groups is 2. The van der Waals surface area contributed by atoms with Gasteiger partial charge in [0.05, 0.1) is 13.7 Å². The van der Waals surface area contributed by atoms with E-state index in [-0.39, 0.29) is 31.0 Å². The number of aryl methyl sites for hydroxylation is 1. The van der Waals surface area contributed by atoms with Gasteiger partial charge in [0.25, 0.3) is 0 Å².